The van der Waals surface area contributed by atoms with Crippen molar-refractivity contribution in [3.05, 3.63) is 12.2 Å². The Hall–Kier alpha value is -1.12. The van der Waals surface area contributed by atoms with Crippen molar-refractivity contribution in [2.75, 3.05) is 6.61 Å². The lowest BCUT2D eigenvalue weighted by Crippen LogP contribution is -2.13. The third-order valence-corrected chi connectivity index (χ3v) is 2.49. The van der Waals surface area contributed by atoms with Crippen LogP contribution in [0.15, 0.2) is 12.2 Å². The minimum absolute atomic E-state index is 0.00639. The predicted octanol–water partition coefficient (Wildman–Crippen LogP) is 1.86. The van der Waals surface area contributed by atoms with Gasteiger partial charge in [-0.1, -0.05) is 6.58 Å². The summed E-state index contributed by atoms with van der Waals surface area (Å²) < 4.78 is 4.80. The molecule has 1 saturated carbocycles. The molecule has 0 spiro atoms. The topological polar surface area (TPSA) is 43.4 Å². The highest BCUT2D eigenvalue weighted by atomic mass is 16.5. The van der Waals surface area contributed by atoms with Gasteiger partial charge in [0.25, 0.3) is 0 Å². The maximum atomic E-state index is 11.3. The summed E-state index contributed by atoms with van der Waals surface area (Å²) in [6, 6.07) is 0. The fourth-order valence-electron chi connectivity index (χ4n) is 1.72. The second-order valence-corrected chi connectivity index (χ2v) is 3.58. The van der Waals surface area contributed by atoms with E-state index >= 15 is 0 Å². The first-order valence-corrected chi connectivity index (χ1v) is 5.02. The molecule has 0 bridgehead atoms. The molecule has 0 aromatic carbocycles. The van der Waals surface area contributed by atoms with Gasteiger partial charge in [0.05, 0.1) is 6.61 Å². The first kappa shape index (κ1) is 11.0. The van der Waals surface area contributed by atoms with Crippen LogP contribution in [0, 0.1) is 5.92 Å². The maximum Gasteiger partial charge on any atom is 0.333 e. The molecule has 3 heteroatoms. The maximum absolute atomic E-state index is 11.3. The van der Waals surface area contributed by atoms with Crippen molar-refractivity contribution in [3.8, 4) is 0 Å². The van der Waals surface area contributed by atoms with Crippen LogP contribution in [-0.2, 0) is 14.3 Å². The summed E-state index contributed by atoms with van der Waals surface area (Å²) >= 11 is 0. The molecule has 0 aromatic rings. The molecule has 0 aromatic heterocycles. The van der Waals surface area contributed by atoms with Crippen LogP contribution in [0.1, 0.15) is 32.6 Å². The SMILES string of the molecule is C=C(CC1CCCC1=O)C(=O)OCC. The van der Waals surface area contributed by atoms with Gasteiger partial charge >= 0.3 is 5.97 Å². The third-order valence-electron chi connectivity index (χ3n) is 2.49. The molecule has 1 atom stereocenters. The van der Waals surface area contributed by atoms with E-state index < -0.39 is 0 Å². The molecule has 1 rings (SSSR count). The van der Waals surface area contributed by atoms with Crippen LogP contribution < -0.4 is 0 Å². The van der Waals surface area contributed by atoms with Crippen molar-refractivity contribution in [1.82, 2.24) is 0 Å². The van der Waals surface area contributed by atoms with Crippen LogP contribution in [0.2, 0.25) is 0 Å². The van der Waals surface area contributed by atoms with E-state index in [1.165, 1.54) is 0 Å². The van der Waals surface area contributed by atoms with Crippen molar-refractivity contribution < 1.29 is 14.3 Å². The molecule has 0 aliphatic heterocycles. The number of Topliss-reactive ketones (excluding diaryl/α,β-unsaturated/α-hetero) is 1. The third kappa shape index (κ3) is 2.69. The predicted molar refractivity (Wildman–Crippen MR) is 52.7 cm³/mol. The highest BCUT2D eigenvalue weighted by Gasteiger charge is 2.26. The van der Waals surface area contributed by atoms with Gasteiger partial charge in [-0.15, -0.1) is 0 Å². The molecule has 14 heavy (non-hydrogen) atoms. The smallest absolute Gasteiger partial charge is 0.333 e. The summed E-state index contributed by atoms with van der Waals surface area (Å²) in [5.74, 6) is -0.102. The van der Waals surface area contributed by atoms with Gasteiger partial charge in [-0.05, 0) is 26.2 Å². The van der Waals surface area contributed by atoms with Crippen LogP contribution in [0.5, 0.6) is 0 Å². The Morgan fingerprint density at radius 3 is 2.86 bits per heavy atom. The number of ether oxygens (including phenoxy) is 1. The lowest BCUT2D eigenvalue weighted by Gasteiger charge is -2.09. The summed E-state index contributed by atoms with van der Waals surface area (Å²) in [7, 11) is 0. The van der Waals surface area contributed by atoms with Gasteiger partial charge in [-0.3, -0.25) is 4.79 Å². The van der Waals surface area contributed by atoms with E-state index in [0.29, 0.717) is 25.0 Å². The summed E-state index contributed by atoms with van der Waals surface area (Å²) in [4.78, 5) is 22.5. The highest BCUT2D eigenvalue weighted by molar-refractivity contribution is 5.90. The Labute approximate surface area is 84.1 Å². The standard InChI is InChI=1S/C11H16O3/c1-3-14-11(13)8(2)7-9-5-4-6-10(9)12/h9H,2-7H2,1H3. The lowest BCUT2D eigenvalue weighted by molar-refractivity contribution is -0.138. The van der Waals surface area contributed by atoms with Gasteiger partial charge in [0, 0.05) is 17.9 Å². The Balaban J connectivity index is 2.40. The van der Waals surface area contributed by atoms with Crippen molar-refractivity contribution in [2.45, 2.75) is 32.6 Å². The van der Waals surface area contributed by atoms with E-state index in [1.54, 1.807) is 6.92 Å². The average molecular weight is 196 g/mol. The lowest BCUT2D eigenvalue weighted by atomic mass is 9.98. The molecule has 1 aliphatic carbocycles. The van der Waals surface area contributed by atoms with E-state index in [-0.39, 0.29) is 17.7 Å². The first-order chi connectivity index (χ1) is 6.65. The quantitative estimate of drug-likeness (QED) is 0.509. The second-order valence-electron chi connectivity index (χ2n) is 3.58. The first-order valence-electron chi connectivity index (χ1n) is 5.02. The minimum atomic E-state index is -0.368. The van der Waals surface area contributed by atoms with E-state index in [2.05, 4.69) is 6.58 Å². The Morgan fingerprint density at radius 1 is 1.64 bits per heavy atom. The number of carbonyl (C=O) groups excluding carboxylic acids is 2. The van der Waals surface area contributed by atoms with Gasteiger partial charge in [0.1, 0.15) is 5.78 Å². The molecule has 1 fully saturated rings. The van der Waals surface area contributed by atoms with Crippen molar-refractivity contribution >= 4 is 11.8 Å². The van der Waals surface area contributed by atoms with E-state index in [1.807, 2.05) is 0 Å². The monoisotopic (exact) mass is 196 g/mol. The van der Waals surface area contributed by atoms with Crippen LogP contribution in [-0.4, -0.2) is 18.4 Å². The number of rotatable bonds is 4. The van der Waals surface area contributed by atoms with Gasteiger partial charge in [-0.25, -0.2) is 4.79 Å². The number of ketones is 1. The van der Waals surface area contributed by atoms with Crippen LogP contribution >= 0.6 is 0 Å². The summed E-state index contributed by atoms with van der Waals surface area (Å²) in [6.45, 7) is 5.76. The summed E-state index contributed by atoms with van der Waals surface area (Å²) in [5, 5.41) is 0. The largest absolute Gasteiger partial charge is 0.463 e. The van der Waals surface area contributed by atoms with Crippen LogP contribution in [0.3, 0.4) is 0 Å². The van der Waals surface area contributed by atoms with Gasteiger partial charge in [0.15, 0.2) is 0 Å². The fourth-order valence-corrected chi connectivity index (χ4v) is 1.72. The zero-order valence-corrected chi connectivity index (χ0v) is 8.54. The molecule has 78 valence electrons. The molecule has 0 saturated heterocycles. The molecule has 3 nitrogen and oxygen atoms in total. The number of esters is 1. The summed E-state index contributed by atoms with van der Waals surface area (Å²) in [5.41, 5.74) is 0.423. The van der Waals surface area contributed by atoms with Crippen molar-refractivity contribution in [2.24, 2.45) is 5.92 Å². The normalized spacial score (nSPS) is 20.9. The number of carbonyl (C=O) groups is 2. The van der Waals surface area contributed by atoms with Crippen molar-refractivity contribution in [3.63, 3.8) is 0 Å². The molecule has 1 unspecified atom stereocenters. The van der Waals surface area contributed by atoms with E-state index in [0.717, 1.165) is 12.8 Å². The fraction of sp³-hybridized carbons (Fsp3) is 0.636. The molecule has 1 aliphatic rings. The Bertz CT molecular complexity index is 255. The zero-order chi connectivity index (χ0) is 10.6. The van der Waals surface area contributed by atoms with E-state index in [4.69, 9.17) is 4.74 Å². The molecule has 0 N–H and O–H groups in total. The molecule has 0 amide bonds. The van der Waals surface area contributed by atoms with Crippen molar-refractivity contribution in [1.29, 1.82) is 0 Å². The molecular weight excluding hydrogens is 180 g/mol. The minimum Gasteiger partial charge on any atom is -0.463 e. The zero-order valence-electron chi connectivity index (χ0n) is 8.54. The van der Waals surface area contributed by atoms with Crippen LogP contribution in [0.25, 0.3) is 0 Å². The Morgan fingerprint density at radius 2 is 2.36 bits per heavy atom. The summed E-state index contributed by atoms with van der Waals surface area (Å²) in [6.07, 6.45) is 2.95. The molecule has 0 radical (unpaired) electrons. The van der Waals surface area contributed by atoms with Gasteiger partial charge < -0.3 is 4.74 Å². The van der Waals surface area contributed by atoms with Crippen LogP contribution in [0.4, 0.5) is 0 Å². The Kier molecular flexibility index (Phi) is 3.86. The van der Waals surface area contributed by atoms with Gasteiger partial charge in [-0.2, -0.15) is 0 Å². The van der Waals surface area contributed by atoms with Gasteiger partial charge in [0.2, 0.25) is 0 Å². The average Bonchev–Trinajstić information content (AvgIpc) is 2.52. The highest BCUT2D eigenvalue weighted by Crippen LogP contribution is 2.26. The second kappa shape index (κ2) is 4.94. The molecule has 0 heterocycles. The van der Waals surface area contributed by atoms with E-state index in [9.17, 15) is 9.59 Å². The number of hydrogen-bond acceptors (Lipinski definition) is 3. The molecular formula is C11H16O3. The number of hydrogen-bond donors (Lipinski definition) is 0.